The Hall–Kier alpha value is -4.37. The number of aliphatic carboxylic acids is 1. The number of benzene rings is 2. The van der Waals surface area contributed by atoms with Gasteiger partial charge in [-0.25, -0.2) is 9.59 Å². The lowest BCUT2D eigenvalue weighted by Gasteiger charge is -2.49. The number of carboxylic acids is 1. The number of esters is 1. The second kappa shape index (κ2) is 15.1. The van der Waals surface area contributed by atoms with Crippen LogP contribution >= 0.6 is 0 Å². The number of methoxy groups -OCH3 is 4. The first-order valence-corrected chi connectivity index (χ1v) is 14.0. The zero-order valence-electron chi connectivity index (χ0n) is 25.7. The molecule has 14 heteroatoms. The van der Waals surface area contributed by atoms with E-state index in [2.05, 4.69) is 10.1 Å². The van der Waals surface area contributed by atoms with Crippen LogP contribution in [-0.4, -0.2) is 94.7 Å². The Kier molecular flexibility index (Phi) is 11.2. The predicted molar refractivity (Wildman–Crippen MR) is 156 cm³/mol. The molecule has 1 amide bonds. The van der Waals surface area contributed by atoms with Crippen LogP contribution in [0, 0.1) is 0 Å². The van der Waals surface area contributed by atoms with Gasteiger partial charge in [-0.2, -0.15) is 0 Å². The van der Waals surface area contributed by atoms with Crippen molar-refractivity contribution in [3.05, 3.63) is 53.6 Å². The number of rotatable bonds is 12. The van der Waals surface area contributed by atoms with Crippen LogP contribution in [0.1, 0.15) is 31.3 Å². The summed E-state index contributed by atoms with van der Waals surface area (Å²) in [7, 11) is 5.74. The Morgan fingerprint density at radius 3 is 2.29 bits per heavy atom. The van der Waals surface area contributed by atoms with E-state index in [0.717, 1.165) is 0 Å². The first-order valence-electron chi connectivity index (χ1n) is 14.0. The van der Waals surface area contributed by atoms with Crippen molar-refractivity contribution in [1.29, 1.82) is 0 Å². The maximum Gasteiger partial charge on any atom is 0.332 e. The highest BCUT2D eigenvalue weighted by molar-refractivity contribution is 5.87. The standard InChI is InChI=1S/C31H37NO13/c1-16(29(35)36)42-28-26(32-17(2)33)31(43-21-10-7-18(13-22(21)38-4)8-12-25(34)40-6)44-24-15-41-30(45-27(24)28)19-9-11-20(37-3)23(14-19)39-5/h7-14,16,24,26-28,30-31H,15H2,1-6H3,(H,32,33)(H,35,36). The minimum absolute atomic E-state index is 0.0199. The molecule has 2 fully saturated rings. The maximum absolute atomic E-state index is 12.4. The van der Waals surface area contributed by atoms with Gasteiger partial charge in [0.05, 0.1) is 35.0 Å². The Bertz CT molecular complexity index is 1400. The van der Waals surface area contributed by atoms with Gasteiger partial charge in [-0.05, 0) is 42.8 Å². The van der Waals surface area contributed by atoms with Gasteiger partial charge in [0.15, 0.2) is 35.4 Å². The lowest BCUT2D eigenvalue weighted by molar-refractivity contribution is -0.340. The molecule has 244 valence electrons. The summed E-state index contributed by atoms with van der Waals surface area (Å²) in [6, 6.07) is 9.05. The fourth-order valence-electron chi connectivity index (χ4n) is 4.93. The molecule has 4 rings (SSSR count). The molecule has 7 unspecified atom stereocenters. The third-order valence-electron chi connectivity index (χ3n) is 7.14. The van der Waals surface area contributed by atoms with E-state index in [4.69, 9.17) is 37.9 Å². The topological polar surface area (TPSA) is 167 Å². The second-order valence-electron chi connectivity index (χ2n) is 10.1. The van der Waals surface area contributed by atoms with E-state index >= 15 is 0 Å². The molecule has 2 saturated heterocycles. The summed E-state index contributed by atoms with van der Waals surface area (Å²) < 4.78 is 51.8. The maximum atomic E-state index is 12.4. The number of carbonyl (C=O) groups excluding carboxylic acids is 2. The summed E-state index contributed by atoms with van der Waals surface area (Å²) in [5.41, 5.74) is 1.23. The van der Waals surface area contributed by atoms with E-state index in [9.17, 15) is 19.5 Å². The molecular formula is C31H37NO13. The van der Waals surface area contributed by atoms with E-state index in [1.54, 1.807) is 42.5 Å². The molecule has 0 aromatic heterocycles. The number of amides is 1. The van der Waals surface area contributed by atoms with Gasteiger partial charge in [-0.3, -0.25) is 4.79 Å². The molecule has 2 heterocycles. The fraction of sp³-hybridized carbons (Fsp3) is 0.452. The molecule has 0 aliphatic carbocycles. The average Bonchev–Trinajstić information content (AvgIpc) is 3.04. The van der Waals surface area contributed by atoms with E-state index < -0.39 is 60.9 Å². The van der Waals surface area contributed by atoms with Crippen LogP contribution < -0.4 is 24.3 Å². The lowest BCUT2D eigenvalue weighted by Crippen LogP contribution is -2.68. The highest BCUT2D eigenvalue weighted by Gasteiger charge is 2.53. The highest BCUT2D eigenvalue weighted by atomic mass is 16.8. The van der Waals surface area contributed by atoms with Crippen molar-refractivity contribution in [3.8, 4) is 23.0 Å². The number of nitrogens with one attached hydrogen (secondary N) is 1. The SMILES string of the molecule is COC(=O)C=Cc1ccc(OC2OC3COC(c4ccc(OC)c(OC)c4)OC3C(OC(C)C(=O)O)C2NC(C)=O)c(OC)c1. The van der Waals surface area contributed by atoms with Gasteiger partial charge in [0.2, 0.25) is 12.2 Å². The van der Waals surface area contributed by atoms with E-state index in [0.29, 0.717) is 28.4 Å². The summed E-state index contributed by atoms with van der Waals surface area (Å²) in [6.45, 7) is 2.70. The minimum Gasteiger partial charge on any atom is -0.493 e. The van der Waals surface area contributed by atoms with Gasteiger partial charge >= 0.3 is 11.9 Å². The zero-order chi connectivity index (χ0) is 32.7. The summed E-state index contributed by atoms with van der Waals surface area (Å²) in [4.78, 5) is 35.8. The molecule has 0 bridgehead atoms. The second-order valence-corrected chi connectivity index (χ2v) is 10.1. The molecule has 0 spiro atoms. The number of ether oxygens (including phenoxy) is 9. The van der Waals surface area contributed by atoms with Gasteiger partial charge < -0.3 is 53.1 Å². The van der Waals surface area contributed by atoms with Crippen LogP contribution in [0.3, 0.4) is 0 Å². The monoisotopic (exact) mass is 631 g/mol. The van der Waals surface area contributed by atoms with Crippen molar-refractivity contribution in [3.63, 3.8) is 0 Å². The molecular weight excluding hydrogens is 594 g/mol. The Balaban J connectivity index is 1.66. The molecule has 2 N–H and O–H groups in total. The number of hydrogen-bond donors (Lipinski definition) is 2. The average molecular weight is 632 g/mol. The molecule has 2 aromatic carbocycles. The van der Waals surface area contributed by atoms with Gasteiger partial charge in [0, 0.05) is 18.6 Å². The molecule has 45 heavy (non-hydrogen) atoms. The number of carbonyl (C=O) groups is 3. The molecule has 7 atom stereocenters. The van der Waals surface area contributed by atoms with Gasteiger partial charge in [0.1, 0.15) is 24.4 Å². The molecule has 0 saturated carbocycles. The molecule has 14 nitrogen and oxygen atoms in total. The van der Waals surface area contributed by atoms with Crippen LogP contribution in [0.5, 0.6) is 23.0 Å². The van der Waals surface area contributed by atoms with Crippen molar-refractivity contribution in [2.75, 3.05) is 35.0 Å². The quantitative estimate of drug-likeness (QED) is 0.259. The number of carboxylic acid groups (broad SMARTS) is 1. The van der Waals surface area contributed by atoms with Crippen LogP contribution in [0.4, 0.5) is 0 Å². The number of hydrogen-bond acceptors (Lipinski definition) is 12. The van der Waals surface area contributed by atoms with Crippen LogP contribution in [0.25, 0.3) is 6.08 Å². The normalized spacial score (nSPS) is 25.0. The molecule has 2 aromatic rings. The number of fused-ring (bicyclic) bond motifs is 1. The third-order valence-corrected chi connectivity index (χ3v) is 7.14. The Morgan fingerprint density at radius 1 is 0.956 bits per heavy atom. The zero-order valence-corrected chi connectivity index (χ0v) is 25.7. The Morgan fingerprint density at radius 2 is 1.64 bits per heavy atom. The van der Waals surface area contributed by atoms with Crippen LogP contribution in [0.2, 0.25) is 0 Å². The minimum atomic E-state index is -1.27. The first kappa shape index (κ1) is 33.5. The van der Waals surface area contributed by atoms with Gasteiger partial charge in [0.25, 0.3) is 0 Å². The van der Waals surface area contributed by atoms with Gasteiger partial charge in [-0.15, -0.1) is 0 Å². The largest absolute Gasteiger partial charge is 0.493 e. The third kappa shape index (κ3) is 8.02. The van der Waals surface area contributed by atoms with Gasteiger partial charge in [-0.1, -0.05) is 12.1 Å². The molecule has 2 aliphatic heterocycles. The smallest absolute Gasteiger partial charge is 0.332 e. The van der Waals surface area contributed by atoms with Crippen LogP contribution in [0.15, 0.2) is 42.5 Å². The van der Waals surface area contributed by atoms with Crippen molar-refractivity contribution in [1.82, 2.24) is 5.32 Å². The molecule has 0 radical (unpaired) electrons. The molecule has 2 aliphatic rings. The van der Waals surface area contributed by atoms with Crippen molar-refractivity contribution >= 4 is 23.9 Å². The predicted octanol–water partition coefficient (Wildman–Crippen LogP) is 2.48. The van der Waals surface area contributed by atoms with E-state index in [1.807, 2.05) is 0 Å². The Labute approximate surface area is 260 Å². The van der Waals surface area contributed by atoms with Crippen molar-refractivity contribution < 1.29 is 62.1 Å². The van der Waals surface area contributed by atoms with E-state index in [1.165, 1.54) is 48.4 Å². The first-order chi connectivity index (χ1) is 21.6. The highest BCUT2D eigenvalue weighted by Crippen LogP contribution is 2.40. The fourth-order valence-corrected chi connectivity index (χ4v) is 4.93. The van der Waals surface area contributed by atoms with E-state index in [-0.39, 0.29) is 12.4 Å². The summed E-state index contributed by atoms with van der Waals surface area (Å²) in [5, 5.41) is 12.5. The lowest BCUT2D eigenvalue weighted by atomic mass is 9.95. The summed E-state index contributed by atoms with van der Waals surface area (Å²) in [6.07, 6.45) is -3.27. The van der Waals surface area contributed by atoms with Crippen LogP contribution in [-0.2, 0) is 38.1 Å². The summed E-state index contributed by atoms with van der Waals surface area (Å²) >= 11 is 0. The van der Waals surface area contributed by atoms with Crippen molar-refractivity contribution in [2.24, 2.45) is 0 Å². The summed E-state index contributed by atoms with van der Waals surface area (Å²) in [5.74, 6) is -0.649. The van der Waals surface area contributed by atoms with Crippen molar-refractivity contribution in [2.45, 2.75) is 56.9 Å².